The van der Waals surface area contributed by atoms with Gasteiger partial charge in [0.05, 0.1) is 6.04 Å². The third-order valence-electron chi connectivity index (χ3n) is 2.96. The Bertz CT molecular complexity index is 436. The lowest BCUT2D eigenvalue weighted by Crippen LogP contribution is -2.48. The van der Waals surface area contributed by atoms with Crippen molar-refractivity contribution in [1.29, 1.82) is 0 Å². The van der Waals surface area contributed by atoms with Crippen LogP contribution in [0.25, 0.3) is 0 Å². The van der Waals surface area contributed by atoms with Crippen molar-refractivity contribution < 1.29 is 19.8 Å². The summed E-state index contributed by atoms with van der Waals surface area (Å²) >= 11 is 0. The highest BCUT2D eigenvalue weighted by atomic mass is 16.4. The molecule has 110 valence electrons. The van der Waals surface area contributed by atoms with Gasteiger partial charge in [0.25, 0.3) is 0 Å². The van der Waals surface area contributed by atoms with Crippen LogP contribution in [-0.2, 0) is 16.0 Å². The minimum Gasteiger partial charge on any atom is -0.480 e. The Morgan fingerprint density at radius 2 is 1.85 bits per heavy atom. The molecule has 0 aliphatic carbocycles. The molecule has 0 heterocycles. The van der Waals surface area contributed by atoms with Crippen molar-refractivity contribution in [3.05, 3.63) is 35.9 Å². The highest BCUT2D eigenvalue weighted by Gasteiger charge is 2.22. The molecule has 0 fully saturated rings. The number of aliphatic hydroxyl groups excluding tert-OH is 1. The molecular weight excluding hydrogens is 260 g/mol. The van der Waals surface area contributed by atoms with Gasteiger partial charge in [0, 0.05) is 13.0 Å². The lowest BCUT2D eigenvalue weighted by Gasteiger charge is -2.17. The highest BCUT2D eigenvalue weighted by Crippen LogP contribution is 2.04. The van der Waals surface area contributed by atoms with Gasteiger partial charge < -0.3 is 21.3 Å². The summed E-state index contributed by atoms with van der Waals surface area (Å²) in [6.07, 6.45) is 1.04. The topological polar surface area (TPSA) is 113 Å². The predicted octanol–water partition coefficient (Wildman–Crippen LogP) is -0.102. The number of amides is 1. The van der Waals surface area contributed by atoms with Crippen molar-refractivity contribution in [2.24, 2.45) is 5.73 Å². The van der Waals surface area contributed by atoms with Crippen LogP contribution >= 0.6 is 0 Å². The summed E-state index contributed by atoms with van der Waals surface area (Å²) in [5.74, 6) is -1.69. The van der Waals surface area contributed by atoms with Gasteiger partial charge in [-0.15, -0.1) is 0 Å². The summed E-state index contributed by atoms with van der Waals surface area (Å²) in [5.41, 5.74) is 6.81. The van der Waals surface area contributed by atoms with E-state index < -0.39 is 24.0 Å². The number of carbonyl (C=O) groups is 2. The van der Waals surface area contributed by atoms with E-state index in [9.17, 15) is 9.59 Å². The fourth-order valence-electron chi connectivity index (χ4n) is 1.76. The largest absolute Gasteiger partial charge is 0.480 e. The number of rotatable bonds is 8. The lowest BCUT2D eigenvalue weighted by molar-refractivity contribution is -0.142. The molecule has 1 amide bonds. The van der Waals surface area contributed by atoms with E-state index in [-0.39, 0.29) is 13.0 Å². The van der Waals surface area contributed by atoms with Crippen LogP contribution in [-0.4, -0.2) is 40.8 Å². The first-order valence-corrected chi connectivity index (χ1v) is 6.48. The molecule has 1 aromatic carbocycles. The van der Waals surface area contributed by atoms with Gasteiger partial charge in [-0.3, -0.25) is 4.79 Å². The Hall–Kier alpha value is -1.92. The molecule has 0 spiro atoms. The summed E-state index contributed by atoms with van der Waals surface area (Å²) in [4.78, 5) is 22.6. The van der Waals surface area contributed by atoms with E-state index in [1.165, 1.54) is 0 Å². The van der Waals surface area contributed by atoms with Crippen LogP contribution in [0.4, 0.5) is 0 Å². The molecule has 6 heteroatoms. The SMILES string of the molecule is NC(CCc1ccccc1)C(=O)N[C@@H](CCO)C(=O)O. The van der Waals surface area contributed by atoms with Crippen LogP contribution in [0.5, 0.6) is 0 Å². The van der Waals surface area contributed by atoms with Crippen molar-refractivity contribution in [3.8, 4) is 0 Å². The van der Waals surface area contributed by atoms with E-state index in [4.69, 9.17) is 15.9 Å². The van der Waals surface area contributed by atoms with Crippen molar-refractivity contribution in [1.82, 2.24) is 5.32 Å². The zero-order valence-corrected chi connectivity index (χ0v) is 11.2. The van der Waals surface area contributed by atoms with Crippen LogP contribution in [0.2, 0.25) is 0 Å². The Balaban J connectivity index is 2.44. The molecule has 1 aromatic rings. The smallest absolute Gasteiger partial charge is 0.326 e. The van der Waals surface area contributed by atoms with Gasteiger partial charge in [0.1, 0.15) is 6.04 Å². The number of hydrogen-bond acceptors (Lipinski definition) is 4. The first-order valence-electron chi connectivity index (χ1n) is 6.48. The molecule has 0 aliphatic rings. The van der Waals surface area contributed by atoms with Crippen molar-refractivity contribution in [3.63, 3.8) is 0 Å². The Labute approximate surface area is 117 Å². The molecule has 0 radical (unpaired) electrons. The molecule has 5 N–H and O–H groups in total. The average Bonchev–Trinajstić information content (AvgIpc) is 2.45. The number of nitrogens with two attached hydrogens (primary N) is 1. The maximum absolute atomic E-state index is 11.8. The Morgan fingerprint density at radius 3 is 2.40 bits per heavy atom. The molecule has 0 aromatic heterocycles. The second-order valence-electron chi connectivity index (χ2n) is 4.54. The van der Waals surface area contributed by atoms with E-state index in [2.05, 4.69) is 5.32 Å². The van der Waals surface area contributed by atoms with Gasteiger partial charge in [-0.1, -0.05) is 30.3 Å². The molecule has 6 nitrogen and oxygen atoms in total. The summed E-state index contributed by atoms with van der Waals surface area (Å²) in [7, 11) is 0. The van der Waals surface area contributed by atoms with Gasteiger partial charge in [0.15, 0.2) is 0 Å². The molecule has 0 saturated heterocycles. The van der Waals surface area contributed by atoms with E-state index >= 15 is 0 Å². The first-order chi connectivity index (χ1) is 9.54. The number of aliphatic hydroxyl groups is 1. The van der Waals surface area contributed by atoms with Crippen molar-refractivity contribution in [2.45, 2.75) is 31.3 Å². The number of aryl methyl sites for hydroxylation is 1. The van der Waals surface area contributed by atoms with Gasteiger partial charge >= 0.3 is 5.97 Å². The molecular formula is C14H20N2O4. The lowest BCUT2D eigenvalue weighted by atomic mass is 10.0. The van der Waals surface area contributed by atoms with Crippen LogP contribution < -0.4 is 11.1 Å². The van der Waals surface area contributed by atoms with Crippen molar-refractivity contribution in [2.75, 3.05) is 6.61 Å². The predicted molar refractivity (Wildman–Crippen MR) is 74.0 cm³/mol. The molecule has 0 bridgehead atoms. The number of carbonyl (C=O) groups excluding carboxylic acids is 1. The normalized spacial score (nSPS) is 13.5. The molecule has 1 rings (SSSR count). The van der Waals surface area contributed by atoms with Crippen molar-refractivity contribution >= 4 is 11.9 Å². The average molecular weight is 280 g/mol. The van der Waals surface area contributed by atoms with E-state index in [0.717, 1.165) is 5.56 Å². The number of carboxylic acid groups (broad SMARTS) is 1. The number of nitrogens with one attached hydrogen (secondary N) is 1. The van der Waals surface area contributed by atoms with E-state index in [0.29, 0.717) is 12.8 Å². The summed E-state index contributed by atoms with van der Waals surface area (Å²) in [6.45, 7) is -0.309. The van der Waals surface area contributed by atoms with Crippen LogP contribution in [0, 0.1) is 0 Å². The number of hydrogen-bond donors (Lipinski definition) is 4. The zero-order chi connectivity index (χ0) is 15.0. The summed E-state index contributed by atoms with van der Waals surface area (Å²) in [6, 6.07) is 7.73. The fourth-order valence-corrected chi connectivity index (χ4v) is 1.76. The molecule has 0 aliphatic heterocycles. The van der Waals surface area contributed by atoms with Gasteiger partial charge in [-0.25, -0.2) is 4.79 Å². The Morgan fingerprint density at radius 1 is 1.20 bits per heavy atom. The standard InChI is InChI=1S/C14H20N2O4/c15-11(7-6-10-4-2-1-3-5-10)13(18)16-12(8-9-17)14(19)20/h1-5,11-12,17H,6-9,15H2,(H,16,18)(H,19,20)/t11?,12-/m0/s1. The molecule has 0 saturated carbocycles. The highest BCUT2D eigenvalue weighted by molar-refractivity contribution is 5.86. The second-order valence-corrected chi connectivity index (χ2v) is 4.54. The van der Waals surface area contributed by atoms with Gasteiger partial charge in [-0.05, 0) is 18.4 Å². The Kier molecular flexibility index (Phi) is 6.69. The van der Waals surface area contributed by atoms with Gasteiger partial charge in [-0.2, -0.15) is 0 Å². The molecule has 2 atom stereocenters. The summed E-state index contributed by atoms with van der Waals surface area (Å²) in [5, 5.41) is 19.9. The second kappa shape index (κ2) is 8.29. The number of aliphatic carboxylic acids is 1. The number of carboxylic acids is 1. The minimum atomic E-state index is -1.18. The quantitative estimate of drug-likeness (QED) is 0.531. The monoisotopic (exact) mass is 280 g/mol. The van der Waals surface area contributed by atoms with E-state index in [1.807, 2.05) is 30.3 Å². The molecule has 20 heavy (non-hydrogen) atoms. The molecule has 1 unspecified atom stereocenters. The van der Waals surface area contributed by atoms with Crippen LogP contribution in [0.1, 0.15) is 18.4 Å². The zero-order valence-electron chi connectivity index (χ0n) is 11.2. The van der Waals surface area contributed by atoms with E-state index in [1.54, 1.807) is 0 Å². The maximum atomic E-state index is 11.8. The summed E-state index contributed by atoms with van der Waals surface area (Å²) < 4.78 is 0. The third kappa shape index (κ3) is 5.38. The first kappa shape index (κ1) is 16.1. The number of benzene rings is 1. The van der Waals surface area contributed by atoms with Crippen LogP contribution in [0.15, 0.2) is 30.3 Å². The third-order valence-corrected chi connectivity index (χ3v) is 2.96. The fraction of sp³-hybridized carbons (Fsp3) is 0.429. The maximum Gasteiger partial charge on any atom is 0.326 e. The van der Waals surface area contributed by atoms with Gasteiger partial charge in [0.2, 0.25) is 5.91 Å². The van der Waals surface area contributed by atoms with Crippen LogP contribution in [0.3, 0.4) is 0 Å². The minimum absolute atomic E-state index is 0.0352.